The lowest BCUT2D eigenvalue weighted by molar-refractivity contribution is 0.103. The summed E-state index contributed by atoms with van der Waals surface area (Å²) in [5, 5.41) is 15.0. The van der Waals surface area contributed by atoms with Crippen LogP contribution >= 0.6 is 22.9 Å². The van der Waals surface area contributed by atoms with Crippen molar-refractivity contribution in [3.8, 4) is 17.2 Å². The van der Waals surface area contributed by atoms with Crippen LogP contribution in [-0.4, -0.2) is 53.1 Å². The minimum absolute atomic E-state index is 0.200. The van der Waals surface area contributed by atoms with Gasteiger partial charge < -0.3 is 20.1 Å². The summed E-state index contributed by atoms with van der Waals surface area (Å²) in [4.78, 5) is 15.7. The molecule has 0 aliphatic carbocycles. The Bertz CT molecular complexity index is 1750. The Kier molecular flexibility index (Phi) is 9.11. The molecule has 0 radical (unpaired) electrons. The van der Waals surface area contributed by atoms with Crippen LogP contribution in [0.15, 0.2) is 79.0 Å². The zero-order valence-corrected chi connectivity index (χ0v) is 26.1. The summed E-state index contributed by atoms with van der Waals surface area (Å²) in [5.74, 6) is 1.38. The Balaban J connectivity index is 1.02. The van der Waals surface area contributed by atoms with Crippen LogP contribution in [0.3, 0.4) is 0 Å². The number of methoxy groups -OCH3 is 2. The fourth-order valence-electron chi connectivity index (χ4n) is 5.29. The molecule has 3 heterocycles. The summed E-state index contributed by atoms with van der Waals surface area (Å²) >= 11 is 7.23. The van der Waals surface area contributed by atoms with Crippen LogP contribution < -0.4 is 20.1 Å². The number of anilines is 2. The number of halogens is 1. The van der Waals surface area contributed by atoms with Gasteiger partial charge in [-0.15, -0.1) is 16.4 Å². The van der Waals surface area contributed by atoms with Crippen molar-refractivity contribution in [1.29, 1.82) is 0 Å². The van der Waals surface area contributed by atoms with E-state index >= 15 is 0 Å². The molecule has 11 heteroatoms. The third-order valence-corrected chi connectivity index (χ3v) is 8.92. The van der Waals surface area contributed by atoms with E-state index in [0.29, 0.717) is 21.4 Å². The van der Waals surface area contributed by atoms with E-state index in [1.165, 1.54) is 28.0 Å². The molecule has 44 heavy (non-hydrogen) atoms. The van der Waals surface area contributed by atoms with Crippen LogP contribution in [0.1, 0.15) is 32.1 Å². The summed E-state index contributed by atoms with van der Waals surface area (Å²) in [6, 6.07) is 23.7. The maximum Gasteiger partial charge on any atom is 0.265 e. The standard InChI is InChI=1S/C33H33ClN6O3S/c1-42-29-17-23-14-16-39(20-24(23)18-30(29)43-2)15-13-22-7-9-26(10-8-22)40-21-25(37-38-40)19-35-27-5-3-4-6-28(27)36-33(41)31-11-12-32(34)44-31/h3-12,17-18,21,35H,13-16,19-20H2,1-2H3,(H,36,41). The van der Waals surface area contributed by atoms with E-state index in [-0.39, 0.29) is 5.91 Å². The lowest BCUT2D eigenvalue weighted by Gasteiger charge is -2.29. The van der Waals surface area contributed by atoms with Crippen LogP contribution in [0.2, 0.25) is 4.34 Å². The normalized spacial score (nSPS) is 12.9. The maximum absolute atomic E-state index is 12.6. The molecule has 2 N–H and O–H groups in total. The number of rotatable bonds is 11. The van der Waals surface area contributed by atoms with Gasteiger partial charge in [-0.2, -0.15) is 0 Å². The highest BCUT2D eigenvalue weighted by atomic mass is 35.5. The maximum atomic E-state index is 12.6. The van der Waals surface area contributed by atoms with Gasteiger partial charge in [-0.1, -0.05) is 41.1 Å². The number of carbonyl (C=O) groups is 1. The summed E-state index contributed by atoms with van der Waals surface area (Å²) in [7, 11) is 3.36. The van der Waals surface area contributed by atoms with E-state index < -0.39 is 0 Å². The molecule has 1 amide bonds. The van der Waals surface area contributed by atoms with E-state index in [9.17, 15) is 4.79 Å². The van der Waals surface area contributed by atoms with Gasteiger partial charge in [0.1, 0.15) is 5.69 Å². The minimum atomic E-state index is -0.200. The molecular formula is C33H33ClN6O3S. The van der Waals surface area contributed by atoms with Crippen LogP contribution in [0.4, 0.5) is 11.4 Å². The molecule has 9 nitrogen and oxygen atoms in total. The average molecular weight is 629 g/mol. The van der Waals surface area contributed by atoms with Gasteiger partial charge in [0.2, 0.25) is 0 Å². The number of para-hydroxylation sites is 2. The second-order valence-corrected chi connectivity index (χ2v) is 12.2. The van der Waals surface area contributed by atoms with Gasteiger partial charge in [-0.3, -0.25) is 9.69 Å². The zero-order valence-electron chi connectivity index (χ0n) is 24.5. The molecule has 1 aliphatic rings. The van der Waals surface area contributed by atoms with E-state index in [1.54, 1.807) is 31.0 Å². The number of amides is 1. The van der Waals surface area contributed by atoms with Crippen molar-refractivity contribution in [3.63, 3.8) is 0 Å². The SMILES string of the molecule is COc1cc2c(cc1OC)CN(CCc1ccc(-n3cc(CNc4ccccc4NC(=O)c4ccc(Cl)s4)nn3)cc1)CC2. The molecular weight excluding hydrogens is 596 g/mol. The van der Waals surface area contributed by atoms with Gasteiger partial charge in [-0.05, 0) is 78.1 Å². The molecule has 0 saturated heterocycles. The molecule has 0 fully saturated rings. The van der Waals surface area contributed by atoms with Crippen molar-refractivity contribution in [2.45, 2.75) is 25.9 Å². The van der Waals surface area contributed by atoms with Crippen LogP contribution in [0.5, 0.6) is 11.5 Å². The molecule has 5 aromatic rings. The predicted octanol–water partition coefficient (Wildman–Crippen LogP) is 6.46. The Labute approximate surface area is 265 Å². The highest BCUT2D eigenvalue weighted by Gasteiger charge is 2.19. The first-order chi connectivity index (χ1) is 21.5. The van der Waals surface area contributed by atoms with Crippen LogP contribution in [-0.2, 0) is 25.9 Å². The Hall–Kier alpha value is -4.38. The number of fused-ring (bicyclic) bond motifs is 1. The van der Waals surface area contributed by atoms with Gasteiger partial charge in [0.15, 0.2) is 11.5 Å². The molecule has 2 aromatic heterocycles. The van der Waals surface area contributed by atoms with Crippen molar-refractivity contribution >= 4 is 40.2 Å². The number of aromatic nitrogens is 3. The molecule has 0 bridgehead atoms. The van der Waals surface area contributed by atoms with E-state index in [2.05, 4.69) is 62.2 Å². The van der Waals surface area contributed by atoms with Crippen molar-refractivity contribution in [1.82, 2.24) is 19.9 Å². The predicted molar refractivity (Wildman–Crippen MR) is 175 cm³/mol. The molecule has 0 atom stereocenters. The monoisotopic (exact) mass is 628 g/mol. The lowest BCUT2D eigenvalue weighted by atomic mass is 9.98. The van der Waals surface area contributed by atoms with Crippen LogP contribution in [0, 0.1) is 0 Å². The number of benzene rings is 3. The molecule has 3 aromatic carbocycles. The second-order valence-electron chi connectivity index (χ2n) is 10.5. The lowest BCUT2D eigenvalue weighted by Crippen LogP contribution is -2.32. The highest BCUT2D eigenvalue weighted by Crippen LogP contribution is 2.33. The van der Waals surface area contributed by atoms with Gasteiger partial charge in [0, 0.05) is 19.6 Å². The number of hydrogen-bond donors (Lipinski definition) is 2. The number of nitrogens with zero attached hydrogens (tertiary/aromatic N) is 4. The van der Waals surface area contributed by atoms with Crippen LogP contribution in [0.25, 0.3) is 5.69 Å². The quantitative estimate of drug-likeness (QED) is 0.173. The molecule has 0 saturated carbocycles. The van der Waals surface area contributed by atoms with Crippen molar-refractivity contribution in [3.05, 3.63) is 111 Å². The fourth-order valence-corrected chi connectivity index (χ4v) is 6.23. The Morgan fingerprint density at radius 1 is 0.977 bits per heavy atom. The molecule has 0 unspecified atom stereocenters. The summed E-state index contributed by atoms with van der Waals surface area (Å²) in [5.41, 5.74) is 7.11. The Morgan fingerprint density at radius 3 is 2.45 bits per heavy atom. The first kappa shape index (κ1) is 29.7. The largest absolute Gasteiger partial charge is 0.493 e. The van der Waals surface area contributed by atoms with Crippen molar-refractivity contribution in [2.75, 3.05) is 37.9 Å². The summed E-state index contributed by atoms with van der Waals surface area (Å²) < 4.78 is 13.3. The zero-order chi connectivity index (χ0) is 30.5. The number of hydrogen-bond acceptors (Lipinski definition) is 8. The Morgan fingerprint density at radius 2 is 1.73 bits per heavy atom. The topological polar surface area (TPSA) is 93.5 Å². The molecule has 6 rings (SSSR count). The van der Waals surface area contributed by atoms with Gasteiger partial charge in [-0.25, -0.2) is 4.68 Å². The van der Waals surface area contributed by atoms with Gasteiger partial charge in [0.05, 0.1) is 53.2 Å². The third-order valence-electron chi connectivity index (χ3n) is 7.69. The van der Waals surface area contributed by atoms with E-state index in [4.69, 9.17) is 21.1 Å². The third kappa shape index (κ3) is 6.88. The van der Waals surface area contributed by atoms with Gasteiger partial charge in [0.25, 0.3) is 5.91 Å². The van der Waals surface area contributed by atoms with E-state index in [1.807, 2.05) is 30.5 Å². The summed E-state index contributed by atoms with van der Waals surface area (Å²) in [6.45, 7) is 3.36. The summed E-state index contributed by atoms with van der Waals surface area (Å²) in [6.07, 6.45) is 3.87. The average Bonchev–Trinajstić information content (AvgIpc) is 3.72. The first-order valence-corrected chi connectivity index (χ1v) is 15.5. The fraction of sp³-hybridized carbons (Fsp3) is 0.242. The van der Waals surface area contributed by atoms with Crippen molar-refractivity contribution in [2.24, 2.45) is 0 Å². The molecule has 0 spiro atoms. The molecule has 1 aliphatic heterocycles. The van der Waals surface area contributed by atoms with Gasteiger partial charge >= 0.3 is 0 Å². The number of ether oxygens (including phenoxy) is 2. The smallest absolute Gasteiger partial charge is 0.265 e. The second kappa shape index (κ2) is 13.5. The first-order valence-electron chi connectivity index (χ1n) is 14.4. The number of nitrogens with one attached hydrogen (secondary N) is 2. The van der Waals surface area contributed by atoms with E-state index in [0.717, 1.165) is 61.0 Å². The minimum Gasteiger partial charge on any atom is -0.493 e. The highest BCUT2D eigenvalue weighted by molar-refractivity contribution is 7.18. The molecule has 226 valence electrons. The van der Waals surface area contributed by atoms with Crippen molar-refractivity contribution < 1.29 is 14.3 Å². The number of carbonyl (C=O) groups excluding carboxylic acids is 1. The number of thiophene rings is 1.